The molecule has 4 nitrogen and oxygen atoms in total. The van der Waals surface area contributed by atoms with Gasteiger partial charge in [-0.15, -0.1) is 0 Å². The van der Waals surface area contributed by atoms with Crippen molar-refractivity contribution in [2.75, 3.05) is 6.54 Å². The predicted molar refractivity (Wildman–Crippen MR) is 39.3 cm³/mol. The summed E-state index contributed by atoms with van der Waals surface area (Å²) in [6, 6.07) is -0.417. The third kappa shape index (κ3) is 2.45. The molecule has 2 N–H and O–H groups in total. The number of carbonyl (C=O) groups excluding carboxylic acids is 2. The van der Waals surface area contributed by atoms with E-state index in [-0.39, 0.29) is 38.6 Å². The van der Waals surface area contributed by atoms with E-state index in [1.165, 1.54) is 4.90 Å². The number of hydrogen-bond acceptors (Lipinski definition) is 2. The van der Waals surface area contributed by atoms with Gasteiger partial charge in [-0.25, -0.2) is 0 Å². The number of nitrogens with zero attached hydrogens (tertiary/aromatic N) is 1. The van der Waals surface area contributed by atoms with Crippen molar-refractivity contribution in [3.8, 4) is 0 Å². The number of likely N-dealkylation sites (tertiary alicyclic amines) is 1. The molecule has 0 aromatic carbocycles. The molecule has 1 saturated heterocycles. The first kappa shape index (κ1) is 11.9. The van der Waals surface area contributed by atoms with Crippen LogP contribution in [-0.2, 0) is 42.3 Å². The standard InChI is InChI=1S/C7H11N2O2.Y/c1-5(10)9-4-2-3-6(9)7(8)11;/h6H,1-4H2,(H2,8,11);/q-1;/t6-;/m0./s1. The third-order valence-corrected chi connectivity index (χ3v) is 1.90. The predicted octanol–water partition coefficient (Wildman–Crippen LogP) is -0.706. The minimum Gasteiger partial charge on any atom is -0.368 e. The molecule has 0 spiro atoms. The molecule has 0 aromatic rings. The van der Waals surface area contributed by atoms with E-state index in [1.807, 2.05) is 0 Å². The van der Waals surface area contributed by atoms with Crippen molar-refractivity contribution in [2.45, 2.75) is 18.9 Å². The normalized spacial score (nSPS) is 21.7. The zero-order chi connectivity index (χ0) is 8.43. The van der Waals surface area contributed by atoms with Gasteiger partial charge in [0.15, 0.2) is 0 Å². The fourth-order valence-corrected chi connectivity index (χ4v) is 1.36. The Morgan fingerprint density at radius 1 is 1.50 bits per heavy atom. The zero-order valence-corrected chi connectivity index (χ0v) is 9.66. The number of hydrogen-bond donors (Lipinski definition) is 1. The van der Waals surface area contributed by atoms with Crippen LogP contribution in [0.2, 0.25) is 0 Å². The zero-order valence-electron chi connectivity index (χ0n) is 6.82. The summed E-state index contributed by atoms with van der Waals surface area (Å²) in [6.07, 6.45) is 1.52. The van der Waals surface area contributed by atoms with Crippen LogP contribution in [0.15, 0.2) is 0 Å². The minimum absolute atomic E-state index is 0. The first-order chi connectivity index (χ1) is 5.13. The van der Waals surface area contributed by atoms with Gasteiger partial charge in [-0.1, -0.05) is 0 Å². The second-order valence-electron chi connectivity index (χ2n) is 2.65. The fraction of sp³-hybridized carbons (Fsp3) is 0.571. The molecule has 0 bridgehead atoms. The molecule has 0 unspecified atom stereocenters. The van der Waals surface area contributed by atoms with Gasteiger partial charge in [-0.05, 0) is 12.8 Å². The molecule has 1 aliphatic rings. The van der Waals surface area contributed by atoms with Gasteiger partial charge >= 0.3 is 0 Å². The van der Waals surface area contributed by atoms with Gasteiger partial charge in [0.1, 0.15) is 6.04 Å². The summed E-state index contributed by atoms with van der Waals surface area (Å²) in [5, 5.41) is 0. The van der Waals surface area contributed by atoms with Crippen molar-refractivity contribution in [1.29, 1.82) is 0 Å². The maximum Gasteiger partial charge on any atom is 0.240 e. The van der Waals surface area contributed by atoms with Crippen molar-refractivity contribution in [1.82, 2.24) is 4.90 Å². The average molecular weight is 244 g/mol. The first-order valence-electron chi connectivity index (χ1n) is 3.55. The van der Waals surface area contributed by atoms with Crippen molar-refractivity contribution in [2.24, 2.45) is 5.73 Å². The van der Waals surface area contributed by atoms with Crippen LogP contribution in [-0.4, -0.2) is 29.3 Å². The van der Waals surface area contributed by atoms with Crippen LogP contribution in [0.1, 0.15) is 12.8 Å². The summed E-state index contributed by atoms with van der Waals surface area (Å²) in [4.78, 5) is 22.9. The second kappa shape index (κ2) is 4.82. The van der Waals surface area contributed by atoms with Gasteiger partial charge in [0.25, 0.3) is 0 Å². The molecule has 12 heavy (non-hydrogen) atoms. The van der Waals surface area contributed by atoms with Crippen LogP contribution < -0.4 is 5.73 Å². The van der Waals surface area contributed by atoms with Crippen LogP contribution in [0.5, 0.6) is 0 Å². The van der Waals surface area contributed by atoms with E-state index in [2.05, 4.69) is 6.92 Å². The van der Waals surface area contributed by atoms with E-state index >= 15 is 0 Å². The third-order valence-electron chi connectivity index (χ3n) is 1.90. The first-order valence-corrected chi connectivity index (χ1v) is 3.55. The van der Waals surface area contributed by atoms with E-state index in [4.69, 9.17) is 5.73 Å². The Morgan fingerprint density at radius 3 is 2.42 bits per heavy atom. The largest absolute Gasteiger partial charge is 0.368 e. The Labute approximate surface area is 96.7 Å². The number of amides is 2. The van der Waals surface area contributed by atoms with Crippen LogP contribution >= 0.6 is 0 Å². The molecule has 0 saturated carbocycles. The molecule has 1 heterocycles. The summed E-state index contributed by atoms with van der Waals surface area (Å²) < 4.78 is 0. The average Bonchev–Trinajstić information content (AvgIpc) is 2.32. The summed E-state index contributed by atoms with van der Waals surface area (Å²) in [5.74, 6) is -0.745. The van der Waals surface area contributed by atoms with E-state index in [0.29, 0.717) is 13.0 Å². The molecule has 5 heteroatoms. The molecule has 1 atom stereocenters. The summed E-state index contributed by atoms with van der Waals surface area (Å²) in [7, 11) is 0. The van der Waals surface area contributed by atoms with Crippen LogP contribution in [0.25, 0.3) is 0 Å². The summed E-state index contributed by atoms with van der Waals surface area (Å²) in [5.41, 5.74) is 5.07. The molecular formula is C7H11N2O2Y-. The Morgan fingerprint density at radius 2 is 2.08 bits per heavy atom. The van der Waals surface area contributed by atoms with Gasteiger partial charge in [0.2, 0.25) is 5.91 Å². The van der Waals surface area contributed by atoms with Crippen LogP contribution in [0, 0.1) is 6.92 Å². The Kier molecular flexibility index (Phi) is 4.79. The molecule has 1 radical (unpaired) electrons. The SMILES string of the molecule is [CH2-]C(=O)N1CCC[C@H]1C(N)=O.[Y]. The van der Waals surface area contributed by atoms with Gasteiger partial charge in [-0.3, -0.25) is 4.79 Å². The molecule has 1 rings (SSSR count). The minimum atomic E-state index is -0.431. The van der Waals surface area contributed by atoms with Crippen molar-refractivity contribution in [3.63, 3.8) is 0 Å². The monoisotopic (exact) mass is 244 g/mol. The van der Waals surface area contributed by atoms with E-state index in [1.54, 1.807) is 0 Å². The summed E-state index contributed by atoms with van der Waals surface area (Å²) >= 11 is 0. The van der Waals surface area contributed by atoms with E-state index in [9.17, 15) is 9.59 Å². The van der Waals surface area contributed by atoms with Crippen molar-refractivity contribution >= 4 is 11.8 Å². The number of primary amides is 1. The molecule has 2 amide bonds. The molecule has 65 valence electrons. The van der Waals surface area contributed by atoms with Gasteiger partial charge in [-0.2, -0.15) is 0 Å². The molecule has 0 aromatic heterocycles. The van der Waals surface area contributed by atoms with Crippen molar-refractivity contribution in [3.05, 3.63) is 6.92 Å². The molecule has 1 aliphatic heterocycles. The summed E-state index contributed by atoms with van der Waals surface area (Å²) in [6.45, 7) is 3.84. The van der Waals surface area contributed by atoms with Crippen LogP contribution in [0.4, 0.5) is 0 Å². The Bertz CT molecular complexity index is 176. The van der Waals surface area contributed by atoms with Crippen LogP contribution in [0.3, 0.4) is 0 Å². The fourth-order valence-electron chi connectivity index (χ4n) is 1.36. The Hall–Kier alpha value is -0.0861. The maximum atomic E-state index is 10.8. The van der Waals surface area contributed by atoms with Gasteiger partial charge in [0, 0.05) is 39.3 Å². The Balaban J connectivity index is 0.00000121. The number of rotatable bonds is 1. The maximum absolute atomic E-state index is 10.8. The van der Waals surface area contributed by atoms with Gasteiger partial charge < -0.3 is 22.4 Å². The number of carbonyl (C=O) groups is 2. The molecular weight excluding hydrogens is 233 g/mol. The van der Waals surface area contributed by atoms with E-state index in [0.717, 1.165) is 6.42 Å². The second-order valence-corrected chi connectivity index (χ2v) is 2.65. The smallest absolute Gasteiger partial charge is 0.240 e. The topological polar surface area (TPSA) is 63.4 Å². The molecule has 1 fully saturated rings. The molecule has 0 aliphatic carbocycles. The van der Waals surface area contributed by atoms with E-state index < -0.39 is 11.9 Å². The quantitative estimate of drug-likeness (QED) is 0.619. The van der Waals surface area contributed by atoms with Crippen molar-refractivity contribution < 1.29 is 42.3 Å². The number of nitrogens with two attached hydrogens (primary N) is 1. The van der Waals surface area contributed by atoms with Gasteiger partial charge in [0.05, 0.1) is 5.91 Å².